The van der Waals surface area contributed by atoms with Gasteiger partial charge in [-0.2, -0.15) is 5.26 Å². The van der Waals surface area contributed by atoms with Gasteiger partial charge in [0, 0.05) is 13.0 Å². The van der Waals surface area contributed by atoms with Crippen molar-refractivity contribution in [3.8, 4) is 6.07 Å². The van der Waals surface area contributed by atoms with Gasteiger partial charge in [0.2, 0.25) is 0 Å². The highest BCUT2D eigenvalue weighted by atomic mass is 15.1. The first-order valence-electron chi connectivity index (χ1n) is 7.95. The topological polar surface area (TPSA) is 57.6 Å². The van der Waals surface area contributed by atoms with Gasteiger partial charge in [-0.1, -0.05) is 12.1 Å². The highest BCUT2D eigenvalue weighted by molar-refractivity contribution is 5.85. The monoisotopic (exact) mass is 308 g/mol. The van der Waals surface area contributed by atoms with Crippen molar-refractivity contribution in [2.24, 2.45) is 0 Å². The third-order valence-corrected chi connectivity index (χ3v) is 4.04. The van der Waals surface area contributed by atoms with Crippen molar-refractivity contribution in [2.75, 3.05) is 32.5 Å². The molecule has 0 aliphatic rings. The van der Waals surface area contributed by atoms with E-state index in [1.54, 1.807) is 0 Å². The predicted molar refractivity (Wildman–Crippen MR) is 92.9 cm³/mol. The van der Waals surface area contributed by atoms with E-state index in [-0.39, 0.29) is 0 Å². The molecule has 3 aromatic rings. The van der Waals surface area contributed by atoms with Crippen molar-refractivity contribution < 1.29 is 4.90 Å². The first-order chi connectivity index (χ1) is 11.1. The first kappa shape index (κ1) is 15.3. The van der Waals surface area contributed by atoms with Gasteiger partial charge in [0.15, 0.2) is 5.65 Å². The lowest BCUT2D eigenvalue weighted by atomic mass is 10.1. The minimum Gasteiger partial charge on any atom is -0.371 e. The summed E-state index contributed by atoms with van der Waals surface area (Å²) in [7, 11) is 4.32. The van der Waals surface area contributed by atoms with E-state index in [2.05, 4.69) is 34.9 Å². The number of hydrogen-bond donors (Lipinski definition) is 2. The Hall–Kier alpha value is -2.58. The number of hydrogen-bond acceptors (Lipinski definition) is 3. The maximum Gasteiger partial charge on any atom is 0.157 e. The number of quaternary nitrogens is 1. The molecule has 0 amide bonds. The maximum absolute atomic E-state index is 9.48. The molecule has 0 atom stereocenters. The number of rotatable bonds is 5. The van der Waals surface area contributed by atoms with Crippen molar-refractivity contribution in [1.29, 1.82) is 5.26 Å². The smallest absolute Gasteiger partial charge is 0.157 e. The summed E-state index contributed by atoms with van der Waals surface area (Å²) < 4.78 is 2.06. The van der Waals surface area contributed by atoms with Crippen molar-refractivity contribution in [1.82, 2.24) is 9.38 Å². The summed E-state index contributed by atoms with van der Waals surface area (Å²) in [4.78, 5) is 6.11. The molecule has 2 aromatic heterocycles. The van der Waals surface area contributed by atoms with Gasteiger partial charge >= 0.3 is 0 Å². The van der Waals surface area contributed by atoms with Crippen LogP contribution in [0.25, 0.3) is 16.7 Å². The van der Waals surface area contributed by atoms with E-state index >= 15 is 0 Å². The number of imidazole rings is 1. The van der Waals surface area contributed by atoms with E-state index < -0.39 is 0 Å². The zero-order valence-corrected chi connectivity index (χ0v) is 13.8. The van der Waals surface area contributed by atoms with Crippen molar-refractivity contribution in [3.63, 3.8) is 0 Å². The van der Waals surface area contributed by atoms with Gasteiger partial charge in [-0.15, -0.1) is 0 Å². The third kappa shape index (κ3) is 2.86. The molecule has 0 saturated carbocycles. The minimum absolute atomic E-state index is 0.643. The summed E-state index contributed by atoms with van der Waals surface area (Å²) >= 11 is 0. The average Bonchev–Trinajstić information content (AvgIpc) is 2.90. The Morgan fingerprint density at radius 2 is 2.09 bits per heavy atom. The number of nitrogens with zero attached hydrogens (tertiary/aromatic N) is 3. The lowest BCUT2D eigenvalue weighted by Crippen LogP contribution is -3.05. The van der Waals surface area contributed by atoms with Gasteiger partial charge in [-0.25, -0.2) is 4.98 Å². The molecule has 0 unspecified atom stereocenters. The van der Waals surface area contributed by atoms with Gasteiger partial charge in [0.25, 0.3) is 0 Å². The fourth-order valence-electron chi connectivity index (χ4n) is 2.88. The molecule has 1 aromatic carbocycles. The quantitative estimate of drug-likeness (QED) is 0.704. The Labute approximate surface area is 136 Å². The number of anilines is 1. The largest absolute Gasteiger partial charge is 0.371 e. The summed E-state index contributed by atoms with van der Waals surface area (Å²) in [5.41, 5.74) is 4.27. The fourth-order valence-corrected chi connectivity index (χ4v) is 2.88. The van der Waals surface area contributed by atoms with Crippen molar-refractivity contribution in [3.05, 3.63) is 41.5 Å². The molecule has 0 saturated heterocycles. The van der Waals surface area contributed by atoms with Crippen molar-refractivity contribution >= 4 is 22.5 Å². The molecule has 0 aliphatic carbocycles. The number of benzene rings is 1. The third-order valence-electron chi connectivity index (χ3n) is 4.04. The molecule has 0 radical (unpaired) electrons. The van der Waals surface area contributed by atoms with Crippen LogP contribution in [0, 0.1) is 18.3 Å². The molecule has 5 nitrogen and oxygen atoms in total. The van der Waals surface area contributed by atoms with Crippen LogP contribution in [0.5, 0.6) is 0 Å². The Kier molecular flexibility index (Phi) is 4.18. The van der Waals surface area contributed by atoms with Crippen LogP contribution in [0.4, 0.5) is 5.82 Å². The average molecular weight is 308 g/mol. The second kappa shape index (κ2) is 6.27. The molecule has 5 heteroatoms. The molecule has 23 heavy (non-hydrogen) atoms. The molecular weight excluding hydrogens is 286 g/mol. The van der Waals surface area contributed by atoms with Crippen LogP contribution in [-0.4, -0.2) is 36.6 Å². The van der Waals surface area contributed by atoms with Crippen LogP contribution < -0.4 is 10.2 Å². The van der Waals surface area contributed by atoms with Crippen LogP contribution in [0.3, 0.4) is 0 Å². The Balaban J connectivity index is 2.08. The van der Waals surface area contributed by atoms with Crippen LogP contribution in [0.15, 0.2) is 30.3 Å². The number of nitrogens with one attached hydrogen (secondary N) is 2. The van der Waals surface area contributed by atoms with Gasteiger partial charge < -0.3 is 10.2 Å². The van der Waals surface area contributed by atoms with E-state index in [1.807, 2.05) is 37.3 Å². The second-order valence-electron chi connectivity index (χ2n) is 6.20. The molecule has 118 valence electrons. The highest BCUT2D eigenvalue weighted by Crippen LogP contribution is 2.26. The Morgan fingerprint density at radius 1 is 1.30 bits per heavy atom. The van der Waals surface area contributed by atoms with Gasteiger partial charge in [-0.3, -0.25) is 4.40 Å². The van der Waals surface area contributed by atoms with Crippen LogP contribution in [0.1, 0.15) is 17.5 Å². The maximum atomic E-state index is 9.48. The van der Waals surface area contributed by atoms with E-state index in [9.17, 15) is 5.26 Å². The van der Waals surface area contributed by atoms with E-state index in [0.29, 0.717) is 5.56 Å². The van der Waals surface area contributed by atoms with E-state index in [4.69, 9.17) is 0 Å². The van der Waals surface area contributed by atoms with Gasteiger partial charge in [0.1, 0.15) is 11.9 Å². The molecular formula is C18H22N5+. The Bertz CT molecular complexity index is 886. The number of para-hydroxylation sites is 2. The SMILES string of the molecule is Cc1cc(NCCC[NH+](C)C)n2c(nc3ccccc32)c1C#N. The number of nitriles is 1. The van der Waals surface area contributed by atoms with Crippen LogP contribution in [-0.2, 0) is 0 Å². The Morgan fingerprint density at radius 3 is 2.83 bits per heavy atom. The van der Waals surface area contributed by atoms with Crippen LogP contribution >= 0.6 is 0 Å². The number of fused-ring (bicyclic) bond motifs is 3. The van der Waals surface area contributed by atoms with Gasteiger partial charge in [-0.05, 0) is 30.7 Å². The summed E-state index contributed by atoms with van der Waals surface area (Å²) in [6.45, 7) is 3.99. The minimum atomic E-state index is 0.643. The lowest BCUT2D eigenvalue weighted by molar-refractivity contribution is -0.858. The van der Waals surface area contributed by atoms with Crippen LogP contribution in [0.2, 0.25) is 0 Å². The zero-order chi connectivity index (χ0) is 16.4. The molecule has 3 rings (SSSR count). The molecule has 0 aliphatic heterocycles. The normalized spacial score (nSPS) is 11.3. The molecule has 2 N–H and O–H groups in total. The van der Waals surface area contributed by atoms with Gasteiger partial charge in [0.05, 0.1) is 37.2 Å². The fraction of sp³-hybridized carbons (Fsp3) is 0.333. The van der Waals surface area contributed by atoms with E-state index in [0.717, 1.165) is 47.6 Å². The predicted octanol–water partition coefficient (Wildman–Crippen LogP) is 1.61. The second-order valence-corrected chi connectivity index (χ2v) is 6.20. The highest BCUT2D eigenvalue weighted by Gasteiger charge is 2.14. The number of aromatic nitrogens is 2. The summed E-state index contributed by atoms with van der Waals surface area (Å²) in [6.07, 6.45) is 1.09. The summed E-state index contributed by atoms with van der Waals surface area (Å²) in [5, 5.41) is 13.0. The standard InChI is InChI=1S/C18H21N5/c1-13-11-17(20-9-6-10-22(2)3)23-16-8-5-4-7-15(16)21-18(23)14(13)12-19/h4-5,7-8,11,20H,6,9-10H2,1-3H3/p+1. The first-order valence-corrected chi connectivity index (χ1v) is 7.95. The molecule has 2 heterocycles. The molecule has 0 fully saturated rings. The van der Waals surface area contributed by atoms with Crippen molar-refractivity contribution in [2.45, 2.75) is 13.3 Å². The zero-order valence-electron chi connectivity index (χ0n) is 13.8. The summed E-state index contributed by atoms with van der Waals surface area (Å²) in [6, 6.07) is 12.3. The summed E-state index contributed by atoms with van der Waals surface area (Å²) in [5.74, 6) is 0.999. The lowest BCUT2D eigenvalue weighted by Gasteiger charge is -2.13. The van der Waals surface area contributed by atoms with E-state index in [1.165, 1.54) is 4.90 Å². The molecule has 0 bridgehead atoms. The number of pyridine rings is 1. The molecule has 0 spiro atoms. The number of aryl methyl sites for hydroxylation is 1.